The number of methoxy groups -OCH3 is 1. The molecule has 10 heteroatoms. The zero-order valence-corrected chi connectivity index (χ0v) is 22.4. The quantitative estimate of drug-likeness (QED) is 0.435. The average molecular weight is 524 g/mol. The Bertz CT molecular complexity index is 1390. The number of nitrogens with two attached hydrogens (primary N) is 1. The van der Waals surface area contributed by atoms with Crippen molar-refractivity contribution >= 4 is 27.4 Å². The van der Waals surface area contributed by atoms with Crippen LogP contribution in [-0.4, -0.2) is 50.0 Å². The lowest BCUT2D eigenvalue weighted by atomic mass is 9.97. The third-order valence-corrected chi connectivity index (χ3v) is 8.33. The van der Waals surface area contributed by atoms with E-state index in [-0.39, 0.29) is 26.8 Å². The number of sulfone groups is 1. The second-order valence-electron chi connectivity index (χ2n) is 9.99. The number of benzene rings is 1. The maximum atomic E-state index is 13.7. The molecular weight excluding hydrogens is 490 g/mol. The van der Waals surface area contributed by atoms with Crippen molar-refractivity contribution in [1.29, 1.82) is 0 Å². The number of hydrogen-bond acceptors (Lipinski definition) is 8. The summed E-state index contributed by atoms with van der Waals surface area (Å²) in [6.45, 7) is 7.41. The van der Waals surface area contributed by atoms with E-state index in [0.29, 0.717) is 31.2 Å². The summed E-state index contributed by atoms with van der Waals surface area (Å²) in [4.78, 5) is 23.1. The van der Waals surface area contributed by atoms with Gasteiger partial charge >= 0.3 is 0 Å². The van der Waals surface area contributed by atoms with E-state index in [1.165, 1.54) is 18.3 Å². The summed E-state index contributed by atoms with van der Waals surface area (Å²) >= 11 is 0. The molecule has 9 nitrogen and oxygen atoms in total. The number of anilines is 2. The van der Waals surface area contributed by atoms with Gasteiger partial charge in [-0.3, -0.25) is 4.79 Å². The Balaban J connectivity index is 1.61. The van der Waals surface area contributed by atoms with Crippen LogP contribution in [0.25, 0.3) is 0 Å². The van der Waals surface area contributed by atoms with E-state index in [2.05, 4.69) is 22.2 Å². The Morgan fingerprint density at radius 3 is 2.54 bits per heavy atom. The lowest BCUT2D eigenvalue weighted by Crippen LogP contribution is -2.40. The molecule has 1 unspecified atom stereocenters. The van der Waals surface area contributed by atoms with E-state index >= 15 is 0 Å². The number of nitrogens with zero attached hydrogens (tertiary/aromatic N) is 3. The average Bonchev–Trinajstić information content (AvgIpc) is 3.15. The summed E-state index contributed by atoms with van der Waals surface area (Å²) in [6, 6.07) is 13.8. The lowest BCUT2D eigenvalue weighted by molar-refractivity contribution is 0.0997. The summed E-state index contributed by atoms with van der Waals surface area (Å²) in [7, 11) is -2.54. The van der Waals surface area contributed by atoms with Crippen molar-refractivity contribution in [2.24, 2.45) is 11.7 Å². The molecular formula is C27H33N5O4S. The summed E-state index contributed by atoms with van der Waals surface area (Å²) in [5.74, 6) is 1.01. The minimum atomic E-state index is -4.16. The van der Waals surface area contributed by atoms with Crippen molar-refractivity contribution in [3.05, 3.63) is 65.9 Å². The van der Waals surface area contributed by atoms with Crippen LogP contribution >= 0.6 is 0 Å². The van der Waals surface area contributed by atoms with Crippen molar-refractivity contribution < 1.29 is 17.9 Å². The van der Waals surface area contributed by atoms with Gasteiger partial charge in [-0.05, 0) is 68.5 Å². The minimum Gasteiger partial charge on any atom is -0.497 e. The van der Waals surface area contributed by atoms with E-state index in [0.717, 1.165) is 17.7 Å². The fourth-order valence-corrected chi connectivity index (χ4v) is 6.36. The third-order valence-electron chi connectivity index (χ3n) is 6.63. The van der Waals surface area contributed by atoms with Gasteiger partial charge in [0.2, 0.25) is 9.84 Å². The van der Waals surface area contributed by atoms with Gasteiger partial charge < -0.3 is 20.7 Å². The smallest absolute Gasteiger partial charge is 0.253 e. The third kappa shape index (κ3) is 5.53. The number of carbonyl (C=O) groups is 1. The van der Waals surface area contributed by atoms with Gasteiger partial charge in [0.1, 0.15) is 22.9 Å². The van der Waals surface area contributed by atoms with Gasteiger partial charge in [-0.15, -0.1) is 0 Å². The molecule has 1 atom stereocenters. The molecule has 0 bridgehead atoms. The van der Waals surface area contributed by atoms with Gasteiger partial charge in [0.15, 0.2) is 5.03 Å². The molecule has 3 heterocycles. The number of amides is 1. The highest BCUT2D eigenvalue weighted by atomic mass is 32.2. The molecule has 1 aliphatic heterocycles. The number of nitrogens with one attached hydrogen (secondary N) is 1. The van der Waals surface area contributed by atoms with Gasteiger partial charge in [0.25, 0.3) is 5.91 Å². The fraction of sp³-hybridized carbons (Fsp3) is 0.370. The maximum Gasteiger partial charge on any atom is 0.253 e. The van der Waals surface area contributed by atoms with Crippen LogP contribution in [-0.2, 0) is 16.3 Å². The summed E-state index contributed by atoms with van der Waals surface area (Å²) in [5, 5.41) is 3.01. The largest absolute Gasteiger partial charge is 0.497 e. The van der Waals surface area contributed by atoms with Gasteiger partial charge in [-0.2, -0.15) is 0 Å². The normalized spacial score (nSPS) is 17.0. The monoisotopic (exact) mass is 523 g/mol. The first-order chi connectivity index (χ1) is 17.5. The number of primary amides is 1. The first-order valence-corrected chi connectivity index (χ1v) is 13.7. The molecule has 196 valence electrons. The molecule has 1 aromatic carbocycles. The van der Waals surface area contributed by atoms with E-state index in [1.54, 1.807) is 19.2 Å². The molecule has 3 aromatic rings. The molecule has 3 N–H and O–H groups in total. The van der Waals surface area contributed by atoms with Crippen LogP contribution in [0.1, 0.15) is 43.1 Å². The van der Waals surface area contributed by atoms with Crippen LogP contribution in [0.4, 0.5) is 11.6 Å². The molecule has 1 aliphatic rings. The first-order valence-electron chi connectivity index (χ1n) is 12.2. The molecule has 0 saturated carbocycles. The fourth-order valence-electron chi connectivity index (χ4n) is 4.96. The second-order valence-corrected chi connectivity index (χ2v) is 11.9. The highest BCUT2D eigenvalue weighted by molar-refractivity contribution is 7.91. The number of aromatic nitrogens is 2. The van der Waals surface area contributed by atoms with Gasteiger partial charge in [0, 0.05) is 24.8 Å². The van der Waals surface area contributed by atoms with Crippen LogP contribution in [0.3, 0.4) is 0 Å². The van der Waals surface area contributed by atoms with Crippen LogP contribution < -0.4 is 20.7 Å². The van der Waals surface area contributed by atoms with Crippen LogP contribution in [0, 0.1) is 5.92 Å². The number of ether oxygens (including phenoxy) is 1. The summed E-state index contributed by atoms with van der Waals surface area (Å²) in [6.07, 6.45) is 3.01. The zero-order chi connectivity index (χ0) is 26.8. The number of pyridine rings is 2. The highest BCUT2D eigenvalue weighted by Crippen LogP contribution is 2.39. The molecule has 2 aromatic heterocycles. The topological polar surface area (TPSA) is 128 Å². The Hall–Kier alpha value is -3.66. The van der Waals surface area contributed by atoms with Crippen molar-refractivity contribution in [2.75, 3.05) is 30.4 Å². The molecule has 1 fully saturated rings. The van der Waals surface area contributed by atoms with Crippen LogP contribution in [0.5, 0.6) is 5.75 Å². The zero-order valence-electron chi connectivity index (χ0n) is 21.6. The van der Waals surface area contributed by atoms with Crippen LogP contribution in [0.2, 0.25) is 0 Å². The molecule has 0 aliphatic carbocycles. The number of hydrogen-bond donors (Lipinski definition) is 2. The molecule has 1 saturated heterocycles. The van der Waals surface area contributed by atoms with Gasteiger partial charge in [-0.1, -0.05) is 25.1 Å². The first kappa shape index (κ1) is 26.4. The minimum absolute atomic E-state index is 0.107. The SMILES string of the molecule is COc1ccc(CCNc2cccc(S(=O)(=O)c3ccnc(N4CC(C)CC4(C)C)c3C(N)=O)n2)cc1. The summed E-state index contributed by atoms with van der Waals surface area (Å²) < 4.78 is 32.6. The van der Waals surface area contributed by atoms with E-state index < -0.39 is 15.7 Å². The molecule has 0 radical (unpaired) electrons. The Morgan fingerprint density at radius 1 is 1.19 bits per heavy atom. The predicted molar refractivity (Wildman–Crippen MR) is 143 cm³/mol. The molecule has 0 spiro atoms. The van der Waals surface area contributed by atoms with Gasteiger partial charge in [-0.25, -0.2) is 18.4 Å². The van der Waals surface area contributed by atoms with Crippen molar-refractivity contribution in [3.63, 3.8) is 0 Å². The Kier molecular flexibility index (Phi) is 7.40. The van der Waals surface area contributed by atoms with Crippen molar-refractivity contribution in [3.8, 4) is 5.75 Å². The Morgan fingerprint density at radius 2 is 1.92 bits per heavy atom. The lowest BCUT2D eigenvalue weighted by Gasteiger charge is -2.33. The molecule has 4 rings (SSSR count). The van der Waals surface area contributed by atoms with Crippen molar-refractivity contribution in [1.82, 2.24) is 9.97 Å². The predicted octanol–water partition coefficient (Wildman–Crippen LogP) is 3.70. The summed E-state index contributed by atoms with van der Waals surface area (Å²) in [5.41, 5.74) is 6.44. The number of rotatable bonds is 9. The Labute approximate surface area is 218 Å². The maximum absolute atomic E-state index is 13.7. The van der Waals surface area contributed by atoms with E-state index in [9.17, 15) is 13.2 Å². The second kappa shape index (κ2) is 10.4. The van der Waals surface area contributed by atoms with E-state index in [1.807, 2.05) is 43.0 Å². The molecule has 37 heavy (non-hydrogen) atoms. The highest BCUT2D eigenvalue weighted by Gasteiger charge is 2.40. The molecule has 1 amide bonds. The van der Waals surface area contributed by atoms with Gasteiger partial charge in [0.05, 0.1) is 12.0 Å². The van der Waals surface area contributed by atoms with E-state index in [4.69, 9.17) is 10.5 Å². The standard InChI is InChI=1S/C27H33N5O4S/c1-18-16-27(2,3)32(17-18)26-24(25(28)33)21(13-15-30-26)37(34,35)23-7-5-6-22(31-23)29-14-12-19-8-10-20(36-4)11-9-19/h5-11,13,15,18H,12,14,16-17H2,1-4H3,(H2,28,33)(H,29,31). The van der Waals surface area contributed by atoms with Crippen molar-refractivity contribution in [2.45, 2.75) is 49.1 Å². The number of carbonyl (C=O) groups excluding carboxylic acids is 1. The van der Waals surface area contributed by atoms with Crippen LogP contribution in [0.15, 0.2) is 64.6 Å².